The molecule has 1 heterocycles. The molecule has 0 aromatic heterocycles. The smallest absolute Gasteiger partial charge is 0.135 e. The molecule has 0 spiro atoms. The first kappa shape index (κ1) is 1.86. The van der Waals surface area contributed by atoms with Crippen LogP contribution in [0.5, 0.6) is 0 Å². The molecule has 1 saturated heterocycles. The highest BCUT2D eigenvalue weighted by molar-refractivity contribution is 5.79. The summed E-state index contributed by atoms with van der Waals surface area (Å²) >= 11 is 0. The normalized spacial score (nSPS) is 45.4. The summed E-state index contributed by atoms with van der Waals surface area (Å²) in [5.41, 5.74) is 0. The van der Waals surface area contributed by atoms with Crippen LogP contribution in [0.15, 0.2) is 0 Å². The molecule has 0 aromatic rings. The molecule has 2 heteroatoms. The Kier molecular flexibility index (Phi) is 0.551. The summed E-state index contributed by atoms with van der Waals surface area (Å²) in [5, 5.41) is 2.11. The highest BCUT2D eigenvalue weighted by Gasteiger charge is 2.04. The topological polar surface area (TPSA) is 29.1 Å². The van der Waals surface area contributed by atoms with Crippen molar-refractivity contribution in [2.75, 3.05) is 13.0 Å². The zero-order valence-corrected chi connectivity index (χ0v) is 3.82. The van der Waals surface area contributed by atoms with Crippen LogP contribution in [0.1, 0.15) is 18.3 Å². The molecule has 1 N–H and O–H groups in total. The van der Waals surface area contributed by atoms with Gasteiger partial charge in [-0.15, -0.1) is 0 Å². The van der Waals surface area contributed by atoms with E-state index in [1.54, 1.807) is 0 Å². The monoisotopic (exact) mass is 103 g/mol. The Hall–Kier alpha value is -0.370. The Morgan fingerprint density at radius 3 is 2.57 bits per heavy atom. The predicted molar refractivity (Wildman–Crippen MR) is 27.1 cm³/mol. The molecule has 0 bridgehead atoms. The number of rotatable bonds is 0. The lowest BCUT2D eigenvalue weighted by Gasteiger charge is -2.08. The zero-order valence-electron chi connectivity index (χ0n) is 7.82. The van der Waals surface area contributed by atoms with Crippen molar-refractivity contribution >= 4 is 5.78 Å². The summed E-state index contributed by atoms with van der Waals surface area (Å²) in [6, 6.07) is 0. The van der Waals surface area contributed by atoms with Crippen molar-refractivity contribution in [2.45, 2.75) is 12.8 Å². The first-order valence-corrected chi connectivity index (χ1v) is 2.12. The van der Waals surface area contributed by atoms with E-state index in [2.05, 4.69) is 5.32 Å². The number of ketones is 1. The second-order valence-corrected chi connectivity index (χ2v) is 1.37. The SMILES string of the molecule is [2H]C1([2H])CC(=O)CC([2H])([2H])N1. The van der Waals surface area contributed by atoms with Crippen LogP contribution in [-0.2, 0) is 4.79 Å². The van der Waals surface area contributed by atoms with E-state index in [0.717, 1.165) is 0 Å². The fourth-order valence-electron chi connectivity index (χ4n) is 0.411. The standard InChI is InChI=1S/C5H9NO/c7-5-1-3-6-4-2-5/h6H,1-4H2/i3D2,4D2. The summed E-state index contributed by atoms with van der Waals surface area (Å²) in [4.78, 5) is 10.8. The Morgan fingerprint density at radius 1 is 1.57 bits per heavy atom. The van der Waals surface area contributed by atoms with Gasteiger partial charge in [0.05, 0.1) is 0 Å². The van der Waals surface area contributed by atoms with E-state index in [4.69, 9.17) is 5.48 Å². The molecule has 0 unspecified atom stereocenters. The molecule has 1 fully saturated rings. The van der Waals surface area contributed by atoms with E-state index in [-0.39, 0.29) is 18.6 Å². The average Bonchev–Trinajstić information content (AvgIpc) is 1.49. The maximum absolute atomic E-state index is 10.8. The van der Waals surface area contributed by atoms with E-state index in [9.17, 15) is 4.79 Å². The average molecular weight is 103 g/mol. The Balaban J connectivity index is 2.74. The van der Waals surface area contributed by atoms with Gasteiger partial charge in [-0.2, -0.15) is 0 Å². The van der Waals surface area contributed by atoms with Crippen LogP contribution in [0, 0.1) is 0 Å². The Bertz CT molecular complexity index is 173. The summed E-state index contributed by atoms with van der Waals surface area (Å²) in [5.74, 6) is -0.376. The van der Waals surface area contributed by atoms with E-state index >= 15 is 0 Å². The van der Waals surface area contributed by atoms with Gasteiger partial charge in [-0.05, 0) is 0 Å². The first-order chi connectivity index (χ1) is 4.81. The second kappa shape index (κ2) is 2.07. The number of carbonyl (C=O) groups excluding carboxylic acids is 1. The molecule has 1 aliphatic heterocycles. The van der Waals surface area contributed by atoms with Crippen molar-refractivity contribution in [3.63, 3.8) is 0 Å². The van der Waals surface area contributed by atoms with E-state index in [0.29, 0.717) is 0 Å². The molecule has 0 amide bonds. The predicted octanol–water partition coefficient (Wildman–Crippen LogP) is -0.0611. The number of hydrogen-bond donors (Lipinski definition) is 1. The van der Waals surface area contributed by atoms with Crippen LogP contribution in [0.2, 0.25) is 0 Å². The minimum Gasteiger partial charge on any atom is -0.316 e. The van der Waals surface area contributed by atoms with Crippen molar-refractivity contribution in [2.24, 2.45) is 0 Å². The van der Waals surface area contributed by atoms with Crippen LogP contribution < -0.4 is 5.32 Å². The molecule has 7 heavy (non-hydrogen) atoms. The van der Waals surface area contributed by atoms with Crippen molar-refractivity contribution < 1.29 is 10.3 Å². The van der Waals surface area contributed by atoms with Crippen LogP contribution in [0.4, 0.5) is 0 Å². The Morgan fingerprint density at radius 2 is 2.14 bits per heavy atom. The van der Waals surface area contributed by atoms with Crippen molar-refractivity contribution in [3.05, 3.63) is 0 Å². The Labute approximate surface area is 48.5 Å². The van der Waals surface area contributed by atoms with Gasteiger partial charge in [0.25, 0.3) is 0 Å². The summed E-state index contributed by atoms with van der Waals surface area (Å²) in [7, 11) is 0. The fraction of sp³-hybridized carbons (Fsp3) is 0.800. The number of carbonyl (C=O) groups is 1. The van der Waals surface area contributed by atoms with Crippen LogP contribution in [-0.4, -0.2) is 18.8 Å². The molecule has 0 aromatic carbocycles. The van der Waals surface area contributed by atoms with Crippen LogP contribution in [0.3, 0.4) is 0 Å². The minimum absolute atomic E-state index is 0.244. The fourth-order valence-corrected chi connectivity index (χ4v) is 0.411. The molecule has 0 saturated carbocycles. The van der Waals surface area contributed by atoms with Gasteiger partial charge < -0.3 is 5.32 Å². The highest BCUT2D eigenvalue weighted by atomic mass is 16.1. The summed E-state index contributed by atoms with van der Waals surface area (Å²) in [6.45, 7) is -3.78. The van der Waals surface area contributed by atoms with Crippen molar-refractivity contribution in [3.8, 4) is 0 Å². The molecular formula is C5H9NO. The van der Waals surface area contributed by atoms with E-state index < -0.39 is 13.0 Å². The lowest BCUT2D eigenvalue weighted by Crippen LogP contribution is -2.27. The van der Waals surface area contributed by atoms with Gasteiger partial charge in [0.1, 0.15) is 5.78 Å². The molecular weight excluding hydrogens is 90.1 g/mol. The summed E-state index contributed by atoms with van der Waals surface area (Å²) in [6.07, 6.45) is -0.487. The van der Waals surface area contributed by atoms with Gasteiger partial charge in [-0.1, -0.05) is 0 Å². The third kappa shape index (κ3) is 1.27. The molecule has 0 aliphatic carbocycles. The van der Waals surface area contributed by atoms with Gasteiger partial charge in [0.2, 0.25) is 0 Å². The molecule has 0 atom stereocenters. The van der Waals surface area contributed by atoms with Gasteiger partial charge in [-0.3, -0.25) is 4.79 Å². The zero-order chi connectivity index (χ0) is 8.70. The van der Waals surface area contributed by atoms with Gasteiger partial charge in [0.15, 0.2) is 0 Å². The minimum atomic E-state index is -1.89. The number of nitrogens with one attached hydrogen (secondary N) is 1. The third-order valence-corrected chi connectivity index (χ3v) is 0.748. The molecule has 1 aliphatic rings. The maximum atomic E-state index is 10.8. The van der Waals surface area contributed by atoms with Crippen LogP contribution >= 0.6 is 0 Å². The van der Waals surface area contributed by atoms with Gasteiger partial charge >= 0.3 is 0 Å². The lowest BCUT2D eigenvalue weighted by atomic mass is 10.1. The molecule has 1 rings (SSSR count). The van der Waals surface area contributed by atoms with E-state index in [1.165, 1.54) is 0 Å². The van der Waals surface area contributed by atoms with Crippen molar-refractivity contribution in [1.29, 1.82) is 0 Å². The number of piperidine rings is 1. The summed E-state index contributed by atoms with van der Waals surface area (Å²) < 4.78 is 28.4. The molecule has 0 radical (unpaired) electrons. The maximum Gasteiger partial charge on any atom is 0.135 e. The number of Topliss-reactive ketones (excluding diaryl/α,β-unsaturated/α-hetero) is 1. The number of hydrogen-bond acceptors (Lipinski definition) is 2. The third-order valence-electron chi connectivity index (χ3n) is 0.748. The molecule has 2 nitrogen and oxygen atoms in total. The quantitative estimate of drug-likeness (QED) is 0.465. The largest absolute Gasteiger partial charge is 0.316 e. The van der Waals surface area contributed by atoms with Crippen molar-refractivity contribution in [1.82, 2.24) is 5.32 Å². The van der Waals surface area contributed by atoms with Gasteiger partial charge in [-0.25, -0.2) is 0 Å². The second-order valence-electron chi connectivity index (χ2n) is 1.37. The lowest BCUT2D eigenvalue weighted by molar-refractivity contribution is -0.119. The highest BCUT2D eigenvalue weighted by Crippen LogP contribution is 1.91. The molecule has 40 valence electrons. The first-order valence-electron chi connectivity index (χ1n) is 4.12. The van der Waals surface area contributed by atoms with Gasteiger partial charge in [0, 0.05) is 31.3 Å². The van der Waals surface area contributed by atoms with Crippen LogP contribution in [0.25, 0.3) is 0 Å². The van der Waals surface area contributed by atoms with E-state index in [1.807, 2.05) is 0 Å².